The van der Waals surface area contributed by atoms with Gasteiger partial charge in [0.15, 0.2) is 23.9 Å². The van der Waals surface area contributed by atoms with Crippen LogP contribution in [-0.4, -0.2) is 22.2 Å². The second-order valence-corrected chi connectivity index (χ2v) is 6.94. The van der Waals surface area contributed by atoms with Crippen LogP contribution in [0.15, 0.2) is 97.3 Å². The van der Waals surface area contributed by atoms with E-state index in [1.807, 2.05) is 48.5 Å². The summed E-state index contributed by atoms with van der Waals surface area (Å²) in [5.74, 6) is -2.45. The van der Waals surface area contributed by atoms with E-state index in [4.69, 9.17) is 0 Å². The van der Waals surface area contributed by atoms with Crippen molar-refractivity contribution in [3.63, 3.8) is 0 Å². The minimum atomic E-state index is -1.52. The molecule has 170 valence electrons. The van der Waals surface area contributed by atoms with E-state index in [0.29, 0.717) is 11.5 Å². The molecule has 2 heterocycles. The van der Waals surface area contributed by atoms with Crippen LogP contribution in [0.4, 0.5) is 0 Å². The summed E-state index contributed by atoms with van der Waals surface area (Å²) in [6.07, 6.45) is 3.59. The standard InChI is InChI=1S/2C9H7NO.C8H6O4/c2*11-8-5-1-3-7-4-2-6-10-9(7)8;9-7(10)5-3-1-2-4-6(5)8(11)12/h2*1-6,11H;1-4H,(H,9,10)(H,11,12). The zero-order valence-corrected chi connectivity index (χ0v) is 17.8. The summed E-state index contributed by atoms with van der Waals surface area (Å²) in [7, 11) is 0. The molecule has 0 aliphatic rings. The molecule has 0 unspecified atom stereocenters. The number of benzene rings is 3. The van der Waals surface area contributed by atoms with E-state index < -0.39 is 11.9 Å². The number of carboxylic acids is 2. The van der Waals surface area contributed by atoms with Crippen LogP contribution in [0, 0.1) is 0 Å². The average molecular weight is 456 g/mol. The highest BCUT2D eigenvalue weighted by atomic mass is 16.4. The number of aromatic amines is 2. The number of aromatic carboxylic acids is 2. The summed E-state index contributed by atoms with van der Waals surface area (Å²) < 4.78 is 0. The smallest absolute Gasteiger partial charge is 0.252 e. The van der Waals surface area contributed by atoms with Crippen LogP contribution < -0.4 is 20.2 Å². The number of carbonyl (C=O) groups is 2. The molecule has 0 spiro atoms. The van der Waals surface area contributed by atoms with Gasteiger partial charge in [-0.1, -0.05) is 36.4 Å². The topological polar surface area (TPSA) is 149 Å². The lowest BCUT2D eigenvalue weighted by atomic mass is 10.1. The fraction of sp³-hybridized carbons (Fsp3) is 0. The van der Waals surface area contributed by atoms with E-state index >= 15 is 0 Å². The Labute approximate surface area is 194 Å². The van der Waals surface area contributed by atoms with Gasteiger partial charge in [0.25, 0.3) is 11.0 Å². The van der Waals surface area contributed by atoms with Gasteiger partial charge in [-0.05, 0) is 36.4 Å². The molecule has 0 radical (unpaired) electrons. The maximum absolute atomic E-state index is 10.3. The number of phenols is 2. The minimum absolute atomic E-state index is 0.295. The van der Waals surface area contributed by atoms with Gasteiger partial charge in [-0.3, -0.25) is 0 Å². The van der Waals surface area contributed by atoms with Gasteiger partial charge in [0, 0.05) is 23.3 Å². The number of hydrogen-bond donors (Lipinski definition) is 2. The van der Waals surface area contributed by atoms with Crippen molar-refractivity contribution in [2.45, 2.75) is 0 Å². The minimum Gasteiger partial charge on any atom is -0.545 e. The number of fused-ring (bicyclic) bond motifs is 2. The summed E-state index contributed by atoms with van der Waals surface area (Å²) in [4.78, 5) is 26.6. The van der Waals surface area contributed by atoms with Crippen molar-refractivity contribution in [2.75, 3.05) is 0 Å². The van der Waals surface area contributed by atoms with E-state index in [1.165, 1.54) is 12.1 Å². The Morgan fingerprint density at radius 3 is 1.29 bits per heavy atom. The first kappa shape index (κ1) is 23.7. The molecule has 8 heteroatoms. The van der Waals surface area contributed by atoms with E-state index in [2.05, 4.69) is 9.97 Å². The molecule has 34 heavy (non-hydrogen) atoms. The molecule has 8 nitrogen and oxygen atoms in total. The van der Waals surface area contributed by atoms with Crippen molar-refractivity contribution in [1.82, 2.24) is 0 Å². The van der Waals surface area contributed by atoms with Crippen LogP contribution >= 0.6 is 0 Å². The molecule has 0 aliphatic heterocycles. The van der Waals surface area contributed by atoms with E-state index in [-0.39, 0.29) is 11.1 Å². The molecule has 0 saturated heterocycles. The average Bonchev–Trinajstić information content (AvgIpc) is 2.85. The number of H-pyrrole nitrogens is 2. The molecular weight excluding hydrogens is 436 g/mol. The fourth-order valence-electron chi connectivity index (χ4n) is 3.11. The number of pyridine rings is 2. The number of phenolic OH excluding ortho intramolecular Hbond substituents is 2. The number of aromatic nitrogens is 2. The van der Waals surface area contributed by atoms with E-state index in [1.54, 1.807) is 24.5 Å². The number of hydrogen-bond acceptors (Lipinski definition) is 6. The summed E-state index contributed by atoms with van der Waals surface area (Å²) >= 11 is 0. The molecule has 0 fully saturated rings. The van der Waals surface area contributed by atoms with Crippen molar-refractivity contribution in [3.8, 4) is 11.5 Å². The van der Waals surface area contributed by atoms with Crippen LogP contribution in [0.25, 0.3) is 21.8 Å². The maximum atomic E-state index is 10.3. The summed E-state index contributed by atoms with van der Waals surface area (Å²) in [6, 6.07) is 23.7. The molecule has 0 atom stereocenters. The third kappa shape index (κ3) is 5.83. The normalized spacial score (nSPS) is 9.88. The van der Waals surface area contributed by atoms with Gasteiger partial charge in [-0.15, -0.1) is 0 Å². The number of aromatic hydroxyl groups is 2. The molecule has 2 aromatic heterocycles. The van der Waals surface area contributed by atoms with Gasteiger partial charge in [0.1, 0.15) is 0 Å². The monoisotopic (exact) mass is 456 g/mol. The number of carbonyl (C=O) groups excluding carboxylic acids is 2. The first-order chi connectivity index (χ1) is 16.4. The van der Waals surface area contributed by atoms with Gasteiger partial charge in [-0.25, -0.2) is 9.97 Å². The lowest BCUT2D eigenvalue weighted by Crippen LogP contribution is -2.29. The SMILES string of the molecule is O=C([O-])c1ccccc1C(=O)[O-].Oc1cccc2ccc[nH+]c12.Oc1cccc2ccc[nH+]c12. The lowest BCUT2D eigenvalue weighted by molar-refractivity contribution is -0.345. The van der Waals surface area contributed by atoms with Gasteiger partial charge < -0.3 is 30.0 Å². The summed E-state index contributed by atoms with van der Waals surface area (Å²) in [6.45, 7) is 0. The molecule has 5 aromatic rings. The molecule has 0 saturated carbocycles. The van der Waals surface area contributed by atoms with E-state index in [0.717, 1.165) is 33.9 Å². The number of nitrogens with one attached hydrogen (secondary N) is 2. The first-order valence-electron chi connectivity index (χ1n) is 10.1. The predicted molar refractivity (Wildman–Crippen MR) is 119 cm³/mol. The number of para-hydroxylation sites is 2. The van der Waals surface area contributed by atoms with Gasteiger partial charge in [-0.2, -0.15) is 0 Å². The van der Waals surface area contributed by atoms with Crippen molar-refractivity contribution in [2.24, 2.45) is 0 Å². The van der Waals surface area contributed by atoms with Crippen molar-refractivity contribution < 1.29 is 40.0 Å². The molecular formula is C26H20N2O6. The molecule has 4 N–H and O–H groups in total. The van der Waals surface area contributed by atoms with E-state index in [9.17, 15) is 30.0 Å². The Morgan fingerprint density at radius 1 is 0.559 bits per heavy atom. The van der Waals surface area contributed by atoms with Crippen LogP contribution in [-0.2, 0) is 0 Å². The number of carboxylic acid groups (broad SMARTS) is 2. The molecule has 5 rings (SSSR count). The third-order valence-electron chi connectivity index (χ3n) is 4.72. The summed E-state index contributed by atoms with van der Waals surface area (Å²) in [5, 5.41) is 41.4. The van der Waals surface area contributed by atoms with Crippen LogP contribution in [0.1, 0.15) is 20.7 Å². The first-order valence-corrected chi connectivity index (χ1v) is 10.1. The maximum Gasteiger partial charge on any atom is 0.252 e. The van der Waals surface area contributed by atoms with Crippen LogP contribution in [0.5, 0.6) is 11.5 Å². The largest absolute Gasteiger partial charge is 0.545 e. The molecule has 0 amide bonds. The quantitative estimate of drug-likeness (QED) is 0.407. The number of rotatable bonds is 2. The van der Waals surface area contributed by atoms with Gasteiger partial charge in [0.05, 0.1) is 22.7 Å². The zero-order chi connectivity index (χ0) is 24.5. The van der Waals surface area contributed by atoms with Crippen LogP contribution in [0.2, 0.25) is 0 Å². The fourth-order valence-corrected chi connectivity index (χ4v) is 3.11. The second-order valence-electron chi connectivity index (χ2n) is 6.94. The highest BCUT2D eigenvalue weighted by Gasteiger charge is 2.04. The van der Waals surface area contributed by atoms with Crippen LogP contribution in [0.3, 0.4) is 0 Å². The van der Waals surface area contributed by atoms with Crippen molar-refractivity contribution >= 4 is 33.7 Å². The predicted octanol–water partition coefficient (Wildman–Crippen LogP) is 1.13. The molecule has 0 bridgehead atoms. The van der Waals surface area contributed by atoms with Gasteiger partial charge in [0.2, 0.25) is 0 Å². The van der Waals surface area contributed by atoms with Crippen molar-refractivity contribution in [1.29, 1.82) is 0 Å². The van der Waals surface area contributed by atoms with Gasteiger partial charge >= 0.3 is 0 Å². The summed E-state index contributed by atoms with van der Waals surface area (Å²) in [5.41, 5.74) is 0.847. The molecule has 0 aliphatic carbocycles. The Morgan fingerprint density at radius 2 is 0.941 bits per heavy atom. The Balaban J connectivity index is 0.000000143. The highest BCUT2D eigenvalue weighted by molar-refractivity contribution is 5.99. The third-order valence-corrected chi connectivity index (χ3v) is 4.72. The van der Waals surface area contributed by atoms with Crippen molar-refractivity contribution in [3.05, 3.63) is 108 Å². The Hall–Kier alpha value is -4.98. The Kier molecular flexibility index (Phi) is 7.70. The molecule has 3 aromatic carbocycles. The highest BCUT2D eigenvalue weighted by Crippen LogP contribution is 2.19. The second kappa shape index (κ2) is 11.1. The zero-order valence-electron chi connectivity index (χ0n) is 17.8. The Bertz CT molecular complexity index is 1330. The lowest BCUT2D eigenvalue weighted by Gasteiger charge is -2.09.